The molecule has 1 fully saturated rings. The third-order valence-electron chi connectivity index (χ3n) is 4.08. The smallest absolute Gasteiger partial charge is 0.254 e. The summed E-state index contributed by atoms with van der Waals surface area (Å²) in [5, 5.41) is 0. The summed E-state index contributed by atoms with van der Waals surface area (Å²) in [6, 6.07) is 15.9. The summed E-state index contributed by atoms with van der Waals surface area (Å²) < 4.78 is 6.44. The molecule has 1 saturated heterocycles. The van der Waals surface area contributed by atoms with Crippen LogP contribution in [0.5, 0.6) is 5.75 Å². The molecule has 0 spiro atoms. The van der Waals surface area contributed by atoms with Gasteiger partial charge < -0.3 is 9.64 Å². The molecular weight excluding hydrogens is 389 g/mol. The lowest BCUT2D eigenvalue weighted by molar-refractivity contribution is 0.0735. The maximum Gasteiger partial charge on any atom is 0.254 e. The van der Waals surface area contributed by atoms with E-state index in [1.165, 1.54) is 0 Å². The Balaban J connectivity index is 1.86. The Labute approximate surface area is 144 Å². The van der Waals surface area contributed by atoms with Gasteiger partial charge in [-0.05, 0) is 77.4 Å². The van der Waals surface area contributed by atoms with Gasteiger partial charge in [0.15, 0.2) is 0 Å². The van der Waals surface area contributed by atoms with E-state index < -0.39 is 0 Å². The summed E-state index contributed by atoms with van der Waals surface area (Å²) in [6.07, 6.45) is 2.04. The number of carbonyl (C=O) groups excluding carboxylic acids is 1. The molecule has 2 aromatic rings. The number of nitrogens with zero attached hydrogens (tertiary/aromatic N) is 1. The molecule has 0 N–H and O–H groups in total. The first-order valence-corrected chi connectivity index (χ1v) is 8.47. The standard InChI is InChI=1S/C18H18INO2/c1-22-16-5-2-4-14(12-16)17-6-3-11-20(17)18(21)13-7-9-15(19)10-8-13/h2,4-5,7-10,12,17H,3,6,11H2,1H3/t17-/m1/s1. The maximum atomic E-state index is 12.8. The molecule has 3 rings (SSSR count). The van der Waals surface area contributed by atoms with Crippen molar-refractivity contribution in [2.75, 3.05) is 13.7 Å². The van der Waals surface area contributed by atoms with Crippen molar-refractivity contribution in [1.29, 1.82) is 0 Å². The molecule has 1 atom stereocenters. The van der Waals surface area contributed by atoms with Crippen LogP contribution in [0.2, 0.25) is 0 Å². The van der Waals surface area contributed by atoms with Crippen LogP contribution in [-0.4, -0.2) is 24.5 Å². The van der Waals surface area contributed by atoms with Crippen molar-refractivity contribution in [3.63, 3.8) is 0 Å². The number of methoxy groups -OCH3 is 1. The molecule has 1 aliphatic rings. The minimum atomic E-state index is 0.113. The predicted octanol–water partition coefficient (Wildman–Crippen LogP) is 4.28. The zero-order valence-corrected chi connectivity index (χ0v) is 14.6. The Kier molecular flexibility index (Phi) is 4.66. The van der Waals surface area contributed by atoms with Gasteiger partial charge in [0.2, 0.25) is 0 Å². The summed E-state index contributed by atoms with van der Waals surface area (Å²) in [6.45, 7) is 0.812. The van der Waals surface area contributed by atoms with Gasteiger partial charge in [0.25, 0.3) is 5.91 Å². The van der Waals surface area contributed by atoms with Crippen molar-refractivity contribution in [2.24, 2.45) is 0 Å². The Morgan fingerprint density at radius 2 is 2.00 bits per heavy atom. The summed E-state index contributed by atoms with van der Waals surface area (Å²) in [5.41, 5.74) is 1.91. The van der Waals surface area contributed by atoms with Gasteiger partial charge in [0.05, 0.1) is 13.2 Å². The van der Waals surface area contributed by atoms with Gasteiger partial charge in [0, 0.05) is 15.7 Å². The monoisotopic (exact) mass is 407 g/mol. The molecule has 114 valence electrons. The highest BCUT2D eigenvalue weighted by molar-refractivity contribution is 14.1. The van der Waals surface area contributed by atoms with E-state index in [1.54, 1.807) is 7.11 Å². The number of benzene rings is 2. The highest BCUT2D eigenvalue weighted by Crippen LogP contribution is 2.34. The Hall–Kier alpha value is -1.56. The van der Waals surface area contributed by atoms with E-state index in [1.807, 2.05) is 47.4 Å². The van der Waals surface area contributed by atoms with E-state index >= 15 is 0 Å². The van der Waals surface area contributed by atoms with E-state index in [-0.39, 0.29) is 11.9 Å². The van der Waals surface area contributed by atoms with Gasteiger partial charge in [-0.2, -0.15) is 0 Å². The average molecular weight is 407 g/mol. The molecule has 0 bridgehead atoms. The quantitative estimate of drug-likeness (QED) is 0.712. The van der Waals surface area contributed by atoms with Crippen LogP contribution >= 0.6 is 22.6 Å². The molecule has 0 aliphatic carbocycles. The van der Waals surface area contributed by atoms with Crippen LogP contribution in [0.3, 0.4) is 0 Å². The number of hydrogen-bond donors (Lipinski definition) is 0. The molecule has 22 heavy (non-hydrogen) atoms. The minimum Gasteiger partial charge on any atom is -0.497 e. The molecule has 1 aliphatic heterocycles. The second-order valence-electron chi connectivity index (χ2n) is 5.44. The Morgan fingerprint density at radius 3 is 2.73 bits per heavy atom. The number of hydrogen-bond acceptors (Lipinski definition) is 2. The van der Waals surface area contributed by atoms with E-state index in [2.05, 4.69) is 28.7 Å². The Bertz CT molecular complexity index is 669. The lowest BCUT2D eigenvalue weighted by atomic mass is 10.0. The number of carbonyl (C=O) groups is 1. The highest BCUT2D eigenvalue weighted by atomic mass is 127. The summed E-state index contributed by atoms with van der Waals surface area (Å²) in [7, 11) is 1.67. The third-order valence-corrected chi connectivity index (χ3v) is 4.80. The van der Waals surface area contributed by atoms with Crippen molar-refractivity contribution < 1.29 is 9.53 Å². The van der Waals surface area contributed by atoms with E-state index in [0.29, 0.717) is 0 Å². The van der Waals surface area contributed by atoms with Gasteiger partial charge >= 0.3 is 0 Å². The molecule has 0 saturated carbocycles. The molecule has 0 aromatic heterocycles. The second-order valence-corrected chi connectivity index (χ2v) is 6.69. The fourth-order valence-electron chi connectivity index (χ4n) is 2.96. The molecule has 0 unspecified atom stereocenters. The third kappa shape index (κ3) is 3.11. The first kappa shape index (κ1) is 15.3. The van der Waals surface area contributed by atoms with Gasteiger partial charge in [-0.25, -0.2) is 0 Å². The molecule has 4 heteroatoms. The fraction of sp³-hybridized carbons (Fsp3) is 0.278. The minimum absolute atomic E-state index is 0.113. The molecule has 0 radical (unpaired) electrons. The van der Waals surface area contributed by atoms with Crippen LogP contribution in [-0.2, 0) is 0 Å². The molecule has 1 amide bonds. The fourth-order valence-corrected chi connectivity index (χ4v) is 3.32. The molecule has 2 aromatic carbocycles. The van der Waals surface area contributed by atoms with Crippen molar-refractivity contribution >= 4 is 28.5 Å². The zero-order valence-electron chi connectivity index (χ0n) is 12.5. The maximum absolute atomic E-state index is 12.8. The van der Waals surface area contributed by atoms with Gasteiger partial charge in [-0.1, -0.05) is 12.1 Å². The first-order valence-electron chi connectivity index (χ1n) is 7.39. The number of halogens is 1. The van der Waals surface area contributed by atoms with E-state index in [9.17, 15) is 4.79 Å². The summed E-state index contributed by atoms with van der Waals surface area (Å²) in [4.78, 5) is 14.8. The van der Waals surface area contributed by atoms with Gasteiger partial charge in [0.1, 0.15) is 5.75 Å². The van der Waals surface area contributed by atoms with Crippen molar-refractivity contribution in [3.8, 4) is 5.75 Å². The summed E-state index contributed by atoms with van der Waals surface area (Å²) >= 11 is 2.25. The lowest BCUT2D eigenvalue weighted by Crippen LogP contribution is -2.30. The van der Waals surface area contributed by atoms with Crippen LogP contribution in [0, 0.1) is 3.57 Å². The molecule has 3 nitrogen and oxygen atoms in total. The van der Waals surface area contributed by atoms with Crippen LogP contribution in [0.15, 0.2) is 48.5 Å². The lowest BCUT2D eigenvalue weighted by Gasteiger charge is -2.25. The SMILES string of the molecule is COc1cccc([C@H]2CCCN2C(=O)c2ccc(I)cc2)c1. The number of likely N-dealkylation sites (tertiary alicyclic amines) is 1. The predicted molar refractivity (Wildman–Crippen MR) is 95.2 cm³/mol. The van der Waals surface area contributed by atoms with Gasteiger partial charge in [-0.3, -0.25) is 4.79 Å². The van der Waals surface area contributed by atoms with Crippen LogP contribution in [0.1, 0.15) is 34.8 Å². The van der Waals surface area contributed by atoms with E-state index in [0.717, 1.165) is 39.8 Å². The van der Waals surface area contributed by atoms with Crippen molar-refractivity contribution in [2.45, 2.75) is 18.9 Å². The normalized spacial score (nSPS) is 17.5. The largest absolute Gasteiger partial charge is 0.497 e. The van der Waals surface area contributed by atoms with Crippen molar-refractivity contribution in [1.82, 2.24) is 4.90 Å². The van der Waals surface area contributed by atoms with Gasteiger partial charge in [-0.15, -0.1) is 0 Å². The zero-order chi connectivity index (χ0) is 15.5. The Morgan fingerprint density at radius 1 is 1.23 bits per heavy atom. The molecular formula is C18H18INO2. The van der Waals surface area contributed by atoms with Crippen LogP contribution in [0.4, 0.5) is 0 Å². The van der Waals surface area contributed by atoms with E-state index in [4.69, 9.17) is 4.74 Å². The molecule has 1 heterocycles. The first-order chi connectivity index (χ1) is 10.7. The van der Waals surface area contributed by atoms with Crippen LogP contribution < -0.4 is 4.74 Å². The second kappa shape index (κ2) is 6.69. The van der Waals surface area contributed by atoms with Crippen molar-refractivity contribution in [3.05, 3.63) is 63.2 Å². The highest BCUT2D eigenvalue weighted by Gasteiger charge is 2.30. The van der Waals surface area contributed by atoms with Crippen LogP contribution in [0.25, 0.3) is 0 Å². The summed E-state index contributed by atoms with van der Waals surface area (Å²) in [5.74, 6) is 0.952. The topological polar surface area (TPSA) is 29.5 Å². The average Bonchev–Trinajstić information content (AvgIpc) is 3.04. The number of rotatable bonds is 3. The number of ether oxygens (including phenoxy) is 1. The number of amides is 1.